The Morgan fingerprint density at radius 3 is 3.07 bits per heavy atom. The molecule has 14 heavy (non-hydrogen) atoms. The van der Waals surface area contributed by atoms with Crippen LogP contribution in [0.25, 0.3) is 10.9 Å². The Morgan fingerprint density at radius 1 is 1.57 bits per heavy atom. The molecule has 0 bridgehead atoms. The summed E-state index contributed by atoms with van der Waals surface area (Å²) < 4.78 is 1.69. The number of benzene rings is 1. The first-order valence-electron chi connectivity index (χ1n) is 4.30. The summed E-state index contributed by atoms with van der Waals surface area (Å²) in [6.45, 7) is 0. The predicted molar refractivity (Wildman–Crippen MR) is 52.1 cm³/mol. The Bertz CT molecular complexity index is 488. The van der Waals surface area contributed by atoms with Crippen molar-refractivity contribution < 1.29 is 9.90 Å². The van der Waals surface area contributed by atoms with Crippen LogP contribution in [0.2, 0.25) is 0 Å². The van der Waals surface area contributed by atoms with Crippen molar-refractivity contribution in [3.8, 4) is 0 Å². The fourth-order valence-corrected chi connectivity index (χ4v) is 1.54. The minimum Gasteiger partial charge on any atom is -0.481 e. The average Bonchev–Trinajstić information content (AvgIpc) is 2.45. The Morgan fingerprint density at radius 2 is 2.36 bits per heavy atom. The van der Waals surface area contributed by atoms with Crippen molar-refractivity contribution >= 4 is 16.9 Å². The number of aryl methyl sites for hydroxylation is 1. The zero-order valence-corrected chi connectivity index (χ0v) is 7.77. The van der Waals surface area contributed by atoms with Gasteiger partial charge in [-0.1, -0.05) is 12.1 Å². The fraction of sp³-hybridized carbons (Fsp3) is 0.200. The normalized spacial score (nSPS) is 10.6. The van der Waals surface area contributed by atoms with Gasteiger partial charge in [0, 0.05) is 18.6 Å². The molecule has 1 N–H and O–H groups in total. The molecule has 0 saturated carbocycles. The molecular formula is C10H10N2O2. The van der Waals surface area contributed by atoms with Gasteiger partial charge in [0.25, 0.3) is 0 Å². The molecule has 1 aromatic heterocycles. The van der Waals surface area contributed by atoms with Crippen molar-refractivity contribution in [2.24, 2.45) is 7.05 Å². The van der Waals surface area contributed by atoms with Gasteiger partial charge in [0.15, 0.2) is 0 Å². The summed E-state index contributed by atoms with van der Waals surface area (Å²) in [5, 5.41) is 13.8. The predicted octanol–water partition coefficient (Wildman–Crippen LogP) is 1.20. The molecular weight excluding hydrogens is 180 g/mol. The molecule has 0 fully saturated rings. The SMILES string of the molecule is Cn1cc2c(CC(=O)O)cccc2n1. The van der Waals surface area contributed by atoms with Crippen LogP contribution in [0.5, 0.6) is 0 Å². The zero-order chi connectivity index (χ0) is 10.1. The lowest BCUT2D eigenvalue weighted by atomic mass is 10.1. The second-order valence-electron chi connectivity index (χ2n) is 3.22. The standard InChI is InChI=1S/C10H10N2O2/c1-12-6-8-7(5-10(13)14)3-2-4-9(8)11-12/h2-4,6H,5H2,1H3,(H,13,14). The molecule has 4 heteroatoms. The minimum atomic E-state index is -0.818. The lowest BCUT2D eigenvalue weighted by Crippen LogP contribution is -1.99. The molecule has 0 spiro atoms. The topological polar surface area (TPSA) is 55.1 Å². The number of hydrogen-bond donors (Lipinski definition) is 1. The third-order valence-corrected chi connectivity index (χ3v) is 2.10. The van der Waals surface area contributed by atoms with Crippen molar-refractivity contribution in [2.75, 3.05) is 0 Å². The minimum absolute atomic E-state index is 0.0447. The van der Waals surface area contributed by atoms with E-state index in [4.69, 9.17) is 5.11 Å². The molecule has 0 amide bonds. The van der Waals surface area contributed by atoms with E-state index in [9.17, 15) is 4.79 Å². The highest BCUT2D eigenvalue weighted by molar-refractivity contribution is 5.85. The monoisotopic (exact) mass is 190 g/mol. The van der Waals surface area contributed by atoms with E-state index in [1.165, 1.54) is 0 Å². The summed E-state index contributed by atoms with van der Waals surface area (Å²) in [7, 11) is 1.82. The van der Waals surface area contributed by atoms with E-state index in [0.29, 0.717) is 0 Å². The van der Waals surface area contributed by atoms with Crippen molar-refractivity contribution in [1.29, 1.82) is 0 Å². The average molecular weight is 190 g/mol. The number of hydrogen-bond acceptors (Lipinski definition) is 2. The fourth-order valence-electron chi connectivity index (χ4n) is 1.54. The Kier molecular flexibility index (Phi) is 1.96. The number of aromatic nitrogens is 2. The van der Waals surface area contributed by atoms with E-state index in [1.54, 1.807) is 4.68 Å². The Labute approximate surface area is 80.8 Å². The van der Waals surface area contributed by atoms with E-state index in [0.717, 1.165) is 16.5 Å². The number of nitrogens with zero attached hydrogens (tertiary/aromatic N) is 2. The van der Waals surface area contributed by atoms with Gasteiger partial charge in [-0.15, -0.1) is 0 Å². The van der Waals surface area contributed by atoms with Crippen LogP contribution < -0.4 is 0 Å². The molecule has 0 atom stereocenters. The number of carbonyl (C=O) groups is 1. The summed E-state index contributed by atoms with van der Waals surface area (Å²) in [6, 6.07) is 5.52. The molecule has 0 aliphatic heterocycles. The van der Waals surface area contributed by atoms with Crippen molar-refractivity contribution in [3.63, 3.8) is 0 Å². The number of carboxylic acid groups (broad SMARTS) is 1. The molecule has 0 aliphatic carbocycles. The molecule has 0 aliphatic rings. The summed E-state index contributed by atoms with van der Waals surface area (Å²) in [5.74, 6) is -0.818. The quantitative estimate of drug-likeness (QED) is 0.774. The van der Waals surface area contributed by atoms with Gasteiger partial charge in [0.2, 0.25) is 0 Å². The molecule has 2 rings (SSSR count). The van der Waals surface area contributed by atoms with Crippen LogP contribution >= 0.6 is 0 Å². The first-order valence-corrected chi connectivity index (χ1v) is 4.30. The van der Waals surface area contributed by atoms with Crippen LogP contribution in [0.15, 0.2) is 24.4 Å². The van der Waals surface area contributed by atoms with Gasteiger partial charge in [-0.3, -0.25) is 9.48 Å². The molecule has 1 aromatic carbocycles. The second kappa shape index (κ2) is 3.14. The van der Waals surface area contributed by atoms with Gasteiger partial charge in [-0.25, -0.2) is 0 Å². The van der Waals surface area contributed by atoms with Gasteiger partial charge < -0.3 is 5.11 Å². The highest BCUT2D eigenvalue weighted by Crippen LogP contribution is 2.17. The molecule has 0 radical (unpaired) electrons. The van der Waals surface area contributed by atoms with Crippen LogP contribution in [0, 0.1) is 0 Å². The first-order chi connectivity index (χ1) is 6.66. The molecule has 4 nitrogen and oxygen atoms in total. The third-order valence-electron chi connectivity index (χ3n) is 2.10. The maximum Gasteiger partial charge on any atom is 0.307 e. The van der Waals surface area contributed by atoms with E-state index in [1.807, 2.05) is 31.4 Å². The van der Waals surface area contributed by atoms with E-state index in [-0.39, 0.29) is 6.42 Å². The van der Waals surface area contributed by atoms with Gasteiger partial charge in [-0.05, 0) is 11.6 Å². The van der Waals surface area contributed by atoms with Gasteiger partial charge in [0.05, 0.1) is 11.9 Å². The maximum absolute atomic E-state index is 10.6. The number of fused-ring (bicyclic) bond motifs is 1. The second-order valence-corrected chi connectivity index (χ2v) is 3.22. The molecule has 0 saturated heterocycles. The number of rotatable bonds is 2. The van der Waals surface area contributed by atoms with Crippen LogP contribution in [0.1, 0.15) is 5.56 Å². The summed E-state index contributed by atoms with van der Waals surface area (Å²) in [4.78, 5) is 10.6. The summed E-state index contributed by atoms with van der Waals surface area (Å²) >= 11 is 0. The van der Waals surface area contributed by atoms with E-state index < -0.39 is 5.97 Å². The van der Waals surface area contributed by atoms with Crippen LogP contribution in [0.4, 0.5) is 0 Å². The largest absolute Gasteiger partial charge is 0.481 e. The van der Waals surface area contributed by atoms with E-state index >= 15 is 0 Å². The first kappa shape index (κ1) is 8.74. The smallest absolute Gasteiger partial charge is 0.307 e. The molecule has 2 aromatic rings. The highest BCUT2D eigenvalue weighted by atomic mass is 16.4. The number of carboxylic acids is 1. The lowest BCUT2D eigenvalue weighted by molar-refractivity contribution is -0.136. The van der Waals surface area contributed by atoms with Crippen LogP contribution in [-0.2, 0) is 18.3 Å². The van der Waals surface area contributed by atoms with Gasteiger partial charge >= 0.3 is 5.97 Å². The van der Waals surface area contributed by atoms with Crippen LogP contribution in [-0.4, -0.2) is 20.9 Å². The zero-order valence-electron chi connectivity index (χ0n) is 7.77. The summed E-state index contributed by atoms with van der Waals surface area (Å²) in [6.07, 6.45) is 1.89. The molecule has 72 valence electrons. The Balaban J connectivity index is 2.58. The molecule has 0 unspecified atom stereocenters. The lowest BCUT2D eigenvalue weighted by Gasteiger charge is -1.97. The third kappa shape index (κ3) is 1.46. The highest BCUT2D eigenvalue weighted by Gasteiger charge is 2.07. The maximum atomic E-state index is 10.6. The van der Waals surface area contributed by atoms with Crippen molar-refractivity contribution in [2.45, 2.75) is 6.42 Å². The van der Waals surface area contributed by atoms with Crippen molar-refractivity contribution in [3.05, 3.63) is 30.0 Å². The molecule has 1 heterocycles. The van der Waals surface area contributed by atoms with E-state index in [2.05, 4.69) is 5.10 Å². The van der Waals surface area contributed by atoms with Gasteiger partial charge in [0.1, 0.15) is 0 Å². The Hall–Kier alpha value is -1.84. The van der Waals surface area contributed by atoms with Crippen molar-refractivity contribution in [1.82, 2.24) is 9.78 Å². The van der Waals surface area contributed by atoms with Gasteiger partial charge in [-0.2, -0.15) is 5.10 Å². The van der Waals surface area contributed by atoms with Crippen LogP contribution in [0.3, 0.4) is 0 Å². The number of aliphatic carboxylic acids is 1. The summed E-state index contributed by atoms with van der Waals surface area (Å²) in [5.41, 5.74) is 1.65.